The second-order valence-electron chi connectivity index (χ2n) is 4.84. The van der Waals surface area contributed by atoms with E-state index < -0.39 is 5.41 Å². The largest absolute Gasteiger partial charge is 0.291 e. The highest BCUT2D eigenvalue weighted by atomic mass is 19.1. The van der Waals surface area contributed by atoms with Crippen molar-refractivity contribution in [1.29, 1.82) is 0 Å². The van der Waals surface area contributed by atoms with Crippen LogP contribution in [0.4, 0.5) is 4.39 Å². The zero-order valence-electron chi connectivity index (χ0n) is 10.6. The van der Waals surface area contributed by atoms with Gasteiger partial charge in [-0.05, 0) is 37.6 Å². The third-order valence-electron chi connectivity index (χ3n) is 3.08. The maximum absolute atomic E-state index is 12.9. The van der Waals surface area contributed by atoms with Gasteiger partial charge in [-0.25, -0.2) is 4.39 Å². The summed E-state index contributed by atoms with van der Waals surface area (Å²) in [7, 11) is 1.77. The lowest BCUT2D eigenvalue weighted by atomic mass is 9.79. The van der Waals surface area contributed by atoms with Gasteiger partial charge in [-0.2, -0.15) is 5.10 Å². The maximum Gasteiger partial charge on any atom is 0.192 e. The number of carbonyl (C=O) groups is 1. The topological polar surface area (TPSA) is 34.9 Å². The number of hydrogen-bond donors (Lipinski definition) is 0. The average molecular weight is 246 g/mol. The molecule has 0 saturated carbocycles. The Morgan fingerprint density at radius 2 is 1.83 bits per heavy atom. The Hall–Kier alpha value is -1.97. The average Bonchev–Trinajstić information content (AvgIpc) is 2.75. The first-order valence-electron chi connectivity index (χ1n) is 5.72. The highest BCUT2D eigenvalue weighted by Gasteiger charge is 2.32. The number of benzene rings is 1. The Kier molecular flexibility index (Phi) is 3.03. The van der Waals surface area contributed by atoms with Crippen LogP contribution in [0.15, 0.2) is 36.5 Å². The van der Waals surface area contributed by atoms with Crippen molar-refractivity contribution in [2.24, 2.45) is 7.05 Å². The number of ketones is 1. The fourth-order valence-corrected chi connectivity index (χ4v) is 1.85. The summed E-state index contributed by atoms with van der Waals surface area (Å²) < 4.78 is 14.5. The van der Waals surface area contributed by atoms with E-state index in [1.54, 1.807) is 36.1 Å². The molecular formula is C14H15FN2O. The molecule has 3 nitrogen and oxygen atoms in total. The molecule has 2 rings (SSSR count). The van der Waals surface area contributed by atoms with E-state index in [9.17, 15) is 9.18 Å². The van der Waals surface area contributed by atoms with Crippen molar-refractivity contribution in [3.05, 3.63) is 53.6 Å². The third kappa shape index (κ3) is 2.18. The van der Waals surface area contributed by atoms with Crippen molar-refractivity contribution >= 4 is 5.78 Å². The molecule has 0 aliphatic carbocycles. The quantitative estimate of drug-likeness (QED) is 0.780. The van der Waals surface area contributed by atoms with Crippen LogP contribution in [0.1, 0.15) is 29.9 Å². The van der Waals surface area contributed by atoms with Crippen LogP contribution >= 0.6 is 0 Å². The smallest absolute Gasteiger partial charge is 0.192 e. The van der Waals surface area contributed by atoms with E-state index in [1.807, 2.05) is 13.8 Å². The molecule has 0 radical (unpaired) electrons. The summed E-state index contributed by atoms with van der Waals surface area (Å²) in [6.07, 6.45) is 1.73. The molecule has 0 saturated heterocycles. The second-order valence-corrected chi connectivity index (χ2v) is 4.84. The highest BCUT2D eigenvalue weighted by molar-refractivity contribution is 6.02. The zero-order valence-corrected chi connectivity index (χ0v) is 10.6. The molecule has 18 heavy (non-hydrogen) atoms. The zero-order chi connectivity index (χ0) is 13.3. The van der Waals surface area contributed by atoms with Crippen molar-refractivity contribution in [3.63, 3.8) is 0 Å². The van der Waals surface area contributed by atoms with Crippen LogP contribution in [0.3, 0.4) is 0 Å². The van der Waals surface area contributed by atoms with Crippen LogP contribution < -0.4 is 0 Å². The van der Waals surface area contributed by atoms with Crippen LogP contribution in [0.2, 0.25) is 0 Å². The monoisotopic (exact) mass is 246 g/mol. The Labute approximate surface area is 105 Å². The predicted molar refractivity (Wildman–Crippen MR) is 67.0 cm³/mol. The van der Waals surface area contributed by atoms with Gasteiger partial charge in [0.2, 0.25) is 0 Å². The summed E-state index contributed by atoms with van der Waals surface area (Å²) >= 11 is 0. The number of halogens is 1. The van der Waals surface area contributed by atoms with Gasteiger partial charge in [0.15, 0.2) is 5.78 Å². The van der Waals surface area contributed by atoms with E-state index >= 15 is 0 Å². The molecule has 4 heteroatoms. The molecule has 0 fully saturated rings. The summed E-state index contributed by atoms with van der Waals surface area (Å²) in [5.74, 6) is -0.380. The molecule has 0 bridgehead atoms. The van der Waals surface area contributed by atoms with Gasteiger partial charge in [-0.3, -0.25) is 9.48 Å². The number of Topliss-reactive ketones (excluding diaryl/α,β-unsaturated/α-hetero) is 1. The molecule has 1 heterocycles. The molecule has 0 aliphatic heterocycles. The normalized spacial score (nSPS) is 11.6. The summed E-state index contributed by atoms with van der Waals surface area (Å²) in [6.45, 7) is 3.63. The van der Waals surface area contributed by atoms with E-state index in [4.69, 9.17) is 0 Å². The summed E-state index contributed by atoms with van der Waals surface area (Å²) in [5.41, 5.74) is 0.480. The summed E-state index contributed by atoms with van der Waals surface area (Å²) in [5, 5.41) is 4.11. The van der Waals surface area contributed by atoms with E-state index in [0.29, 0.717) is 5.69 Å². The van der Waals surface area contributed by atoms with Gasteiger partial charge in [0.25, 0.3) is 0 Å². The van der Waals surface area contributed by atoms with E-state index in [-0.39, 0.29) is 11.6 Å². The molecule has 0 N–H and O–H groups in total. The van der Waals surface area contributed by atoms with Crippen molar-refractivity contribution in [2.45, 2.75) is 19.3 Å². The molecule has 0 spiro atoms. The van der Waals surface area contributed by atoms with Gasteiger partial charge in [-0.15, -0.1) is 0 Å². The lowest BCUT2D eigenvalue weighted by Crippen LogP contribution is -2.29. The number of rotatable bonds is 3. The van der Waals surface area contributed by atoms with Crippen LogP contribution in [0.5, 0.6) is 0 Å². The Bertz CT molecular complexity index is 570. The highest BCUT2D eigenvalue weighted by Crippen LogP contribution is 2.27. The van der Waals surface area contributed by atoms with Gasteiger partial charge in [-0.1, -0.05) is 12.1 Å². The maximum atomic E-state index is 12.9. The standard InChI is InChI=1S/C14H15FN2O/c1-14(2,10-4-6-11(15)7-5-10)13(18)12-8-9-17(3)16-12/h4-9H,1-3H3. The number of aromatic nitrogens is 2. The first kappa shape index (κ1) is 12.5. The lowest BCUT2D eigenvalue weighted by Gasteiger charge is -2.22. The Morgan fingerprint density at radius 1 is 1.22 bits per heavy atom. The molecule has 0 aliphatic rings. The molecule has 1 aromatic carbocycles. The Balaban J connectivity index is 2.36. The van der Waals surface area contributed by atoms with Gasteiger partial charge in [0.05, 0.1) is 5.41 Å². The molecule has 94 valence electrons. The van der Waals surface area contributed by atoms with Crippen molar-refractivity contribution in [3.8, 4) is 0 Å². The fourth-order valence-electron chi connectivity index (χ4n) is 1.85. The van der Waals surface area contributed by atoms with Crippen LogP contribution in [0, 0.1) is 5.82 Å². The van der Waals surface area contributed by atoms with Crippen LogP contribution in [-0.4, -0.2) is 15.6 Å². The molecule has 0 unspecified atom stereocenters. The SMILES string of the molecule is Cn1ccc(C(=O)C(C)(C)c2ccc(F)cc2)n1. The minimum atomic E-state index is -0.720. The number of hydrogen-bond acceptors (Lipinski definition) is 2. The van der Waals surface area contributed by atoms with Crippen molar-refractivity contribution < 1.29 is 9.18 Å². The molecular weight excluding hydrogens is 231 g/mol. The molecule has 0 amide bonds. The van der Waals surface area contributed by atoms with E-state index in [0.717, 1.165) is 5.56 Å². The Morgan fingerprint density at radius 3 is 2.33 bits per heavy atom. The number of nitrogens with zero attached hydrogens (tertiary/aromatic N) is 2. The van der Waals surface area contributed by atoms with E-state index in [2.05, 4.69) is 5.10 Å². The van der Waals surface area contributed by atoms with Crippen LogP contribution in [0.25, 0.3) is 0 Å². The third-order valence-corrected chi connectivity index (χ3v) is 3.08. The number of aryl methyl sites for hydroxylation is 1. The fraction of sp³-hybridized carbons (Fsp3) is 0.286. The van der Waals surface area contributed by atoms with Gasteiger partial charge in [0.1, 0.15) is 11.5 Å². The molecule has 2 aromatic rings. The van der Waals surface area contributed by atoms with Gasteiger partial charge >= 0.3 is 0 Å². The molecule has 1 aromatic heterocycles. The second kappa shape index (κ2) is 4.37. The van der Waals surface area contributed by atoms with Crippen molar-refractivity contribution in [2.75, 3.05) is 0 Å². The minimum absolute atomic E-state index is 0.0743. The van der Waals surface area contributed by atoms with Crippen molar-refractivity contribution in [1.82, 2.24) is 9.78 Å². The molecule has 0 atom stereocenters. The first-order chi connectivity index (χ1) is 8.41. The van der Waals surface area contributed by atoms with Crippen LogP contribution in [-0.2, 0) is 12.5 Å². The number of carbonyl (C=O) groups excluding carboxylic acids is 1. The van der Waals surface area contributed by atoms with Gasteiger partial charge in [0, 0.05) is 13.2 Å². The summed E-state index contributed by atoms with van der Waals surface area (Å²) in [4.78, 5) is 12.4. The first-order valence-corrected chi connectivity index (χ1v) is 5.72. The van der Waals surface area contributed by atoms with E-state index in [1.165, 1.54) is 12.1 Å². The predicted octanol–water partition coefficient (Wildman–Crippen LogP) is 2.72. The summed E-state index contributed by atoms with van der Waals surface area (Å²) in [6, 6.07) is 7.69. The van der Waals surface area contributed by atoms with Gasteiger partial charge < -0.3 is 0 Å². The minimum Gasteiger partial charge on any atom is -0.291 e. The lowest BCUT2D eigenvalue weighted by molar-refractivity contribution is 0.0902.